The van der Waals surface area contributed by atoms with Crippen molar-refractivity contribution in [3.63, 3.8) is 0 Å². The lowest BCUT2D eigenvalue weighted by Gasteiger charge is -2.17. The fourth-order valence-electron chi connectivity index (χ4n) is 1.45. The molecule has 0 aliphatic carbocycles. The number of carbonyl (C=O) groups excluding carboxylic acids is 1. The Kier molecular flexibility index (Phi) is 7.34. The van der Waals surface area contributed by atoms with Crippen molar-refractivity contribution in [1.82, 2.24) is 4.90 Å². The molecule has 0 aromatic heterocycles. The van der Waals surface area contributed by atoms with E-state index in [2.05, 4.69) is 0 Å². The zero-order valence-corrected chi connectivity index (χ0v) is 11.0. The Hall–Kier alpha value is -1.26. The number of ether oxygens (including phenoxy) is 1. The molecule has 1 aromatic rings. The normalized spacial score (nSPS) is 9.35. The highest BCUT2D eigenvalue weighted by Gasteiger charge is 2.08. The Morgan fingerprint density at radius 2 is 2.18 bits per heavy atom. The molecule has 0 bridgehead atoms. The fraction of sp³-hybridized carbons (Fsp3) is 0.417. The lowest BCUT2D eigenvalue weighted by Crippen LogP contribution is -2.27. The smallest absolute Gasteiger partial charge is 0.223 e. The van der Waals surface area contributed by atoms with Gasteiger partial charge in [0, 0.05) is 26.6 Å². The van der Waals surface area contributed by atoms with Crippen LogP contribution in [0.4, 0.5) is 0 Å². The molecule has 96 valence electrons. The van der Waals surface area contributed by atoms with Crippen molar-refractivity contribution in [2.75, 3.05) is 20.7 Å². The van der Waals surface area contributed by atoms with Crippen LogP contribution in [0.3, 0.4) is 0 Å². The average molecular weight is 259 g/mol. The number of methoxy groups -OCH3 is 1. The van der Waals surface area contributed by atoms with Gasteiger partial charge in [-0.2, -0.15) is 0 Å². The monoisotopic (exact) mass is 258 g/mol. The summed E-state index contributed by atoms with van der Waals surface area (Å²) in [6.45, 7) is 0.970. The van der Waals surface area contributed by atoms with E-state index in [4.69, 9.17) is 10.5 Å². The van der Waals surface area contributed by atoms with Gasteiger partial charge < -0.3 is 15.4 Å². The average Bonchev–Trinajstić information content (AvgIpc) is 2.29. The number of carbonyl (C=O) groups is 1. The SMILES string of the molecule is COc1cccc(CN(C)C(=O)CCN)c1.Cl. The molecule has 0 aliphatic heterocycles. The first-order chi connectivity index (χ1) is 7.67. The zero-order chi connectivity index (χ0) is 12.0. The second-order valence-corrected chi connectivity index (χ2v) is 3.64. The number of nitrogens with zero attached hydrogens (tertiary/aromatic N) is 1. The third-order valence-electron chi connectivity index (χ3n) is 2.34. The van der Waals surface area contributed by atoms with Gasteiger partial charge in [0.2, 0.25) is 5.91 Å². The summed E-state index contributed by atoms with van der Waals surface area (Å²) in [7, 11) is 3.40. The predicted molar refractivity (Wildman–Crippen MR) is 70.4 cm³/mol. The van der Waals surface area contributed by atoms with Crippen LogP contribution in [-0.4, -0.2) is 31.5 Å². The van der Waals surface area contributed by atoms with E-state index in [0.29, 0.717) is 19.5 Å². The second-order valence-electron chi connectivity index (χ2n) is 3.64. The van der Waals surface area contributed by atoms with Crippen LogP contribution in [-0.2, 0) is 11.3 Å². The van der Waals surface area contributed by atoms with E-state index in [1.165, 1.54) is 0 Å². The highest BCUT2D eigenvalue weighted by molar-refractivity contribution is 5.85. The van der Waals surface area contributed by atoms with Gasteiger partial charge >= 0.3 is 0 Å². The number of benzene rings is 1. The van der Waals surface area contributed by atoms with Crippen LogP contribution < -0.4 is 10.5 Å². The summed E-state index contributed by atoms with van der Waals surface area (Å²) in [5.74, 6) is 0.863. The minimum absolute atomic E-state index is 0. The van der Waals surface area contributed by atoms with Crippen LogP contribution in [0.25, 0.3) is 0 Å². The van der Waals surface area contributed by atoms with Gasteiger partial charge in [0.25, 0.3) is 0 Å². The minimum Gasteiger partial charge on any atom is -0.497 e. The Morgan fingerprint density at radius 1 is 1.47 bits per heavy atom. The predicted octanol–water partition coefficient (Wildman–Crippen LogP) is 1.42. The number of hydrogen-bond donors (Lipinski definition) is 1. The molecule has 0 aliphatic rings. The molecular formula is C12H19ClN2O2. The topological polar surface area (TPSA) is 55.6 Å². The summed E-state index contributed by atoms with van der Waals surface area (Å²) in [4.78, 5) is 13.2. The van der Waals surface area contributed by atoms with E-state index in [9.17, 15) is 4.79 Å². The van der Waals surface area contributed by atoms with Gasteiger partial charge in [0.05, 0.1) is 7.11 Å². The quantitative estimate of drug-likeness (QED) is 0.869. The van der Waals surface area contributed by atoms with Crippen molar-refractivity contribution in [3.8, 4) is 5.75 Å². The van der Waals surface area contributed by atoms with E-state index in [0.717, 1.165) is 11.3 Å². The first-order valence-electron chi connectivity index (χ1n) is 5.24. The molecule has 0 unspecified atom stereocenters. The largest absolute Gasteiger partial charge is 0.497 e. The summed E-state index contributed by atoms with van der Waals surface area (Å²) in [6, 6.07) is 7.68. The summed E-state index contributed by atoms with van der Waals surface area (Å²) in [5, 5.41) is 0. The molecule has 1 rings (SSSR count). The van der Waals surface area contributed by atoms with Gasteiger partial charge in [-0.05, 0) is 17.7 Å². The summed E-state index contributed by atoms with van der Waals surface area (Å²) in [5.41, 5.74) is 6.39. The standard InChI is InChI=1S/C12H18N2O2.ClH/c1-14(12(15)6-7-13)9-10-4-3-5-11(8-10)16-2;/h3-5,8H,6-7,9,13H2,1-2H3;1H. The molecule has 2 N–H and O–H groups in total. The molecular weight excluding hydrogens is 240 g/mol. The molecule has 0 saturated carbocycles. The van der Waals surface area contributed by atoms with Gasteiger partial charge in [-0.3, -0.25) is 4.79 Å². The molecule has 0 fully saturated rings. The minimum atomic E-state index is 0. The maximum absolute atomic E-state index is 11.5. The number of hydrogen-bond acceptors (Lipinski definition) is 3. The fourth-order valence-corrected chi connectivity index (χ4v) is 1.45. The number of amides is 1. The molecule has 4 nitrogen and oxygen atoms in total. The Labute approximate surface area is 108 Å². The molecule has 5 heteroatoms. The van der Waals surface area contributed by atoms with Gasteiger partial charge in [0.1, 0.15) is 5.75 Å². The summed E-state index contributed by atoms with van der Waals surface area (Å²) in [6.07, 6.45) is 0.389. The Morgan fingerprint density at radius 3 is 2.76 bits per heavy atom. The van der Waals surface area contributed by atoms with Crippen molar-refractivity contribution in [3.05, 3.63) is 29.8 Å². The third kappa shape index (κ3) is 5.06. The molecule has 1 amide bonds. The lowest BCUT2D eigenvalue weighted by atomic mass is 10.2. The van der Waals surface area contributed by atoms with Crippen molar-refractivity contribution >= 4 is 18.3 Å². The van der Waals surface area contributed by atoms with E-state index >= 15 is 0 Å². The van der Waals surface area contributed by atoms with Gasteiger partial charge in [-0.1, -0.05) is 12.1 Å². The van der Waals surface area contributed by atoms with Crippen LogP contribution in [0.2, 0.25) is 0 Å². The first-order valence-corrected chi connectivity index (χ1v) is 5.24. The summed E-state index contributed by atoms with van der Waals surface area (Å²) >= 11 is 0. The van der Waals surface area contributed by atoms with Gasteiger partial charge in [-0.25, -0.2) is 0 Å². The van der Waals surface area contributed by atoms with Crippen molar-refractivity contribution in [2.45, 2.75) is 13.0 Å². The van der Waals surface area contributed by atoms with Crippen LogP contribution >= 0.6 is 12.4 Å². The van der Waals surface area contributed by atoms with E-state index < -0.39 is 0 Å². The maximum Gasteiger partial charge on any atom is 0.223 e. The molecule has 0 spiro atoms. The highest BCUT2D eigenvalue weighted by Crippen LogP contribution is 2.13. The molecule has 0 saturated heterocycles. The molecule has 0 atom stereocenters. The van der Waals surface area contributed by atoms with Crippen molar-refractivity contribution in [1.29, 1.82) is 0 Å². The maximum atomic E-state index is 11.5. The zero-order valence-electron chi connectivity index (χ0n) is 10.2. The first kappa shape index (κ1) is 15.7. The van der Waals surface area contributed by atoms with Gasteiger partial charge in [-0.15, -0.1) is 12.4 Å². The molecule has 17 heavy (non-hydrogen) atoms. The number of halogens is 1. The third-order valence-corrected chi connectivity index (χ3v) is 2.34. The summed E-state index contributed by atoms with van der Waals surface area (Å²) < 4.78 is 5.12. The van der Waals surface area contributed by atoms with Crippen LogP contribution in [0, 0.1) is 0 Å². The van der Waals surface area contributed by atoms with Crippen LogP contribution in [0.15, 0.2) is 24.3 Å². The number of nitrogens with two attached hydrogens (primary N) is 1. The van der Waals surface area contributed by atoms with E-state index in [-0.39, 0.29) is 18.3 Å². The van der Waals surface area contributed by atoms with E-state index in [1.807, 2.05) is 24.3 Å². The van der Waals surface area contributed by atoms with Crippen LogP contribution in [0.5, 0.6) is 5.75 Å². The second kappa shape index (κ2) is 7.92. The molecule has 0 radical (unpaired) electrons. The van der Waals surface area contributed by atoms with Crippen molar-refractivity contribution < 1.29 is 9.53 Å². The van der Waals surface area contributed by atoms with Crippen molar-refractivity contribution in [2.24, 2.45) is 5.73 Å². The highest BCUT2D eigenvalue weighted by atomic mass is 35.5. The molecule has 1 aromatic carbocycles. The lowest BCUT2D eigenvalue weighted by molar-refractivity contribution is -0.130. The Bertz CT molecular complexity index is 358. The molecule has 0 heterocycles. The Balaban J connectivity index is 0.00000256. The van der Waals surface area contributed by atoms with Crippen LogP contribution in [0.1, 0.15) is 12.0 Å². The van der Waals surface area contributed by atoms with Gasteiger partial charge in [0.15, 0.2) is 0 Å². The number of rotatable bonds is 5. The van der Waals surface area contributed by atoms with E-state index in [1.54, 1.807) is 19.1 Å².